The van der Waals surface area contributed by atoms with Gasteiger partial charge in [-0.2, -0.15) is 5.10 Å². The van der Waals surface area contributed by atoms with E-state index in [1.165, 1.54) is 10.9 Å². The van der Waals surface area contributed by atoms with Crippen LogP contribution in [0.3, 0.4) is 0 Å². The molecular formula is C17H17N5O3S. The third kappa shape index (κ3) is 3.42. The zero-order valence-corrected chi connectivity index (χ0v) is 15.2. The minimum Gasteiger partial charge on any atom is -0.508 e. The molecule has 0 aliphatic carbocycles. The number of nitrogens with one attached hydrogen (secondary N) is 2. The van der Waals surface area contributed by atoms with Crippen molar-refractivity contribution in [2.45, 2.75) is 13.8 Å². The fourth-order valence-corrected chi connectivity index (χ4v) is 3.12. The van der Waals surface area contributed by atoms with Crippen LogP contribution in [-0.4, -0.2) is 32.1 Å². The highest BCUT2D eigenvalue weighted by Gasteiger charge is 2.15. The predicted octanol–water partition coefficient (Wildman–Crippen LogP) is 3.01. The molecule has 134 valence electrons. The van der Waals surface area contributed by atoms with Gasteiger partial charge in [-0.1, -0.05) is 17.4 Å². The van der Waals surface area contributed by atoms with Crippen molar-refractivity contribution in [3.63, 3.8) is 0 Å². The number of carbonyl (C=O) groups is 2. The Labute approximate surface area is 153 Å². The topological polar surface area (TPSA) is 109 Å². The van der Waals surface area contributed by atoms with Crippen LogP contribution in [0.2, 0.25) is 0 Å². The average Bonchev–Trinajstić information content (AvgIpc) is 3.21. The van der Waals surface area contributed by atoms with Crippen LogP contribution in [0.4, 0.5) is 16.6 Å². The standard InChI is InChI=1S/C17H17N5O3S/c1-9-4-5-12(24)10(2)15(9)20-16(25)13-7-18-17(26-13)19-14-6-11(8-23)22(3)21-14/h4-8,24H,1-3H3,(H,20,25)(H,18,19,21). The van der Waals surface area contributed by atoms with Gasteiger partial charge in [-0.05, 0) is 25.5 Å². The van der Waals surface area contributed by atoms with E-state index in [2.05, 4.69) is 20.7 Å². The summed E-state index contributed by atoms with van der Waals surface area (Å²) >= 11 is 1.16. The minimum atomic E-state index is -0.318. The number of aldehydes is 1. The number of thiazole rings is 1. The van der Waals surface area contributed by atoms with Crippen molar-refractivity contribution in [1.82, 2.24) is 14.8 Å². The number of aromatic nitrogens is 3. The van der Waals surface area contributed by atoms with E-state index in [-0.39, 0.29) is 11.7 Å². The highest BCUT2D eigenvalue weighted by Crippen LogP contribution is 2.29. The molecule has 0 radical (unpaired) electrons. The zero-order valence-electron chi connectivity index (χ0n) is 14.4. The Bertz CT molecular complexity index is 992. The van der Waals surface area contributed by atoms with Crippen LogP contribution >= 0.6 is 11.3 Å². The third-order valence-electron chi connectivity index (χ3n) is 3.88. The summed E-state index contributed by atoms with van der Waals surface area (Å²) in [4.78, 5) is 27.9. The molecule has 0 saturated heterocycles. The highest BCUT2D eigenvalue weighted by atomic mass is 32.1. The van der Waals surface area contributed by atoms with Gasteiger partial charge in [0.2, 0.25) is 0 Å². The van der Waals surface area contributed by atoms with Crippen LogP contribution < -0.4 is 10.6 Å². The number of carbonyl (C=O) groups excluding carboxylic acids is 2. The zero-order chi connectivity index (χ0) is 18.8. The maximum absolute atomic E-state index is 12.5. The lowest BCUT2D eigenvalue weighted by molar-refractivity contribution is 0.102. The molecule has 26 heavy (non-hydrogen) atoms. The fraction of sp³-hybridized carbons (Fsp3) is 0.176. The van der Waals surface area contributed by atoms with E-state index in [9.17, 15) is 14.7 Å². The van der Waals surface area contributed by atoms with Gasteiger partial charge in [0.05, 0.1) is 11.9 Å². The first kappa shape index (κ1) is 17.6. The summed E-state index contributed by atoms with van der Waals surface area (Å²) in [5, 5.41) is 20.2. The number of hydrogen-bond acceptors (Lipinski definition) is 7. The first-order valence-corrected chi connectivity index (χ1v) is 8.53. The van der Waals surface area contributed by atoms with Gasteiger partial charge in [0.1, 0.15) is 16.3 Å². The summed E-state index contributed by atoms with van der Waals surface area (Å²) in [5.41, 5.74) is 2.47. The Morgan fingerprint density at radius 2 is 2.12 bits per heavy atom. The number of hydrogen-bond donors (Lipinski definition) is 3. The van der Waals surface area contributed by atoms with Crippen LogP contribution in [-0.2, 0) is 7.05 Å². The van der Waals surface area contributed by atoms with Crippen molar-refractivity contribution < 1.29 is 14.7 Å². The third-order valence-corrected chi connectivity index (χ3v) is 4.80. The molecule has 2 aromatic heterocycles. The van der Waals surface area contributed by atoms with Gasteiger partial charge in [-0.15, -0.1) is 0 Å². The number of phenols is 1. The van der Waals surface area contributed by atoms with E-state index in [0.29, 0.717) is 39.1 Å². The van der Waals surface area contributed by atoms with Gasteiger partial charge in [0.15, 0.2) is 17.2 Å². The molecule has 0 aliphatic heterocycles. The Morgan fingerprint density at radius 1 is 1.35 bits per heavy atom. The van der Waals surface area contributed by atoms with E-state index in [4.69, 9.17) is 0 Å². The molecule has 1 amide bonds. The normalized spacial score (nSPS) is 10.6. The number of anilines is 3. The van der Waals surface area contributed by atoms with E-state index in [0.717, 1.165) is 16.9 Å². The summed E-state index contributed by atoms with van der Waals surface area (Å²) in [7, 11) is 1.66. The van der Waals surface area contributed by atoms with Crippen LogP contribution in [0.1, 0.15) is 31.3 Å². The van der Waals surface area contributed by atoms with Crippen molar-refractivity contribution in [3.8, 4) is 5.75 Å². The molecule has 0 fully saturated rings. The second-order valence-corrected chi connectivity index (χ2v) is 6.74. The SMILES string of the molecule is Cc1ccc(O)c(C)c1NC(=O)c1cnc(Nc2cc(C=O)n(C)n2)s1. The largest absolute Gasteiger partial charge is 0.508 e. The van der Waals surface area contributed by atoms with Crippen LogP contribution in [0.15, 0.2) is 24.4 Å². The lowest BCUT2D eigenvalue weighted by Crippen LogP contribution is -2.12. The van der Waals surface area contributed by atoms with Gasteiger partial charge in [0, 0.05) is 18.7 Å². The molecule has 3 aromatic rings. The lowest BCUT2D eigenvalue weighted by atomic mass is 10.1. The maximum atomic E-state index is 12.5. The molecule has 0 unspecified atom stereocenters. The summed E-state index contributed by atoms with van der Waals surface area (Å²) < 4.78 is 1.45. The molecule has 8 nitrogen and oxygen atoms in total. The molecular weight excluding hydrogens is 354 g/mol. The smallest absolute Gasteiger partial charge is 0.267 e. The maximum Gasteiger partial charge on any atom is 0.267 e. The first-order chi connectivity index (χ1) is 12.4. The second kappa shape index (κ2) is 6.96. The van der Waals surface area contributed by atoms with Gasteiger partial charge in [-0.25, -0.2) is 4.98 Å². The monoisotopic (exact) mass is 371 g/mol. The summed E-state index contributed by atoms with van der Waals surface area (Å²) in [6.07, 6.45) is 2.16. The number of aromatic hydroxyl groups is 1. The minimum absolute atomic E-state index is 0.124. The second-order valence-electron chi connectivity index (χ2n) is 5.71. The molecule has 3 N–H and O–H groups in total. The van der Waals surface area contributed by atoms with E-state index in [1.807, 2.05) is 6.92 Å². The van der Waals surface area contributed by atoms with Crippen LogP contribution in [0.25, 0.3) is 0 Å². The van der Waals surface area contributed by atoms with Crippen LogP contribution in [0.5, 0.6) is 5.75 Å². The number of nitrogens with zero attached hydrogens (tertiary/aromatic N) is 3. The van der Waals surface area contributed by atoms with E-state index >= 15 is 0 Å². The molecule has 0 atom stereocenters. The summed E-state index contributed by atoms with van der Waals surface area (Å²) in [6, 6.07) is 4.92. The quantitative estimate of drug-likeness (QED) is 0.595. The predicted molar refractivity (Wildman–Crippen MR) is 99.5 cm³/mol. The summed E-state index contributed by atoms with van der Waals surface area (Å²) in [5.74, 6) is 0.274. The number of benzene rings is 1. The van der Waals surface area contributed by atoms with Gasteiger partial charge in [-0.3, -0.25) is 14.3 Å². The number of amides is 1. The number of aryl methyl sites for hydroxylation is 2. The molecule has 0 aliphatic rings. The number of rotatable bonds is 5. The fourth-order valence-electron chi connectivity index (χ4n) is 2.40. The van der Waals surface area contributed by atoms with Crippen molar-refractivity contribution in [2.75, 3.05) is 10.6 Å². The Hall–Kier alpha value is -3.20. The van der Waals surface area contributed by atoms with Gasteiger partial charge >= 0.3 is 0 Å². The highest BCUT2D eigenvalue weighted by molar-refractivity contribution is 7.17. The van der Waals surface area contributed by atoms with Gasteiger partial charge in [0.25, 0.3) is 5.91 Å². The lowest BCUT2D eigenvalue weighted by Gasteiger charge is -2.11. The number of phenolic OH excluding ortho intramolecular Hbond substituents is 1. The van der Waals surface area contributed by atoms with Crippen molar-refractivity contribution in [2.24, 2.45) is 7.05 Å². The van der Waals surface area contributed by atoms with E-state index < -0.39 is 0 Å². The average molecular weight is 371 g/mol. The van der Waals surface area contributed by atoms with Crippen LogP contribution in [0, 0.1) is 13.8 Å². The Morgan fingerprint density at radius 3 is 2.81 bits per heavy atom. The molecule has 1 aromatic carbocycles. The Kier molecular flexibility index (Phi) is 4.72. The van der Waals surface area contributed by atoms with Crippen molar-refractivity contribution in [3.05, 3.63) is 46.1 Å². The molecule has 0 saturated carbocycles. The Balaban J connectivity index is 1.76. The molecule has 2 heterocycles. The molecule has 0 bridgehead atoms. The van der Waals surface area contributed by atoms with E-state index in [1.54, 1.807) is 32.2 Å². The van der Waals surface area contributed by atoms with Crippen molar-refractivity contribution >= 4 is 40.2 Å². The molecule has 9 heteroatoms. The summed E-state index contributed by atoms with van der Waals surface area (Å²) in [6.45, 7) is 3.59. The molecule has 3 rings (SSSR count). The molecule has 0 spiro atoms. The van der Waals surface area contributed by atoms with Crippen molar-refractivity contribution in [1.29, 1.82) is 0 Å². The van der Waals surface area contributed by atoms with Gasteiger partial charge < -0.3 is 15.7 Å². The first-order valence-electron chi connectivity index (χ1n) is 7.71.